The van der Waals surface area contributed by atoms with Gasteiger partial charge >= 0.3 is 6.09 Å². The highest BCUT2D eigenvalue weighted by molar-refractivity contribution is 5.70. The van der Waals surface area contributed by atoms with Crippen molar-refractivity contribution in [3.8, 4) is 29.7 Å². The van der Waals surface area contributed by atoms with Crippen LogP contribution in [0.15, 0.2) is 41.1 Å². The van der Waals surface area contributed by atoms with Gasteiger partial charge in [0.1, 0.15) is 23.2 Å². The number of fused-ring (bicyclic) bond motifs is 1. The number of ether oxygens (including phenoxy) is 3. The van der Waals surface area contributed by atoms with Gasteiger partial charge in [-0.15, -0.1) is 0 Å². The summed E-state index contributed by atoms with van der Waals surface area (Å²) >= 11 is 0. The fraction of sp³-hybridized carbons (Fsp3) is 0.440. The average Bonchev–Trinajstić information content (AvgIpc) is 2.81. The second-order valence-electron chi connectivity index (χ2n) is 9.17. The van der Waals surface area contributed by atoms with Gasteiger partial charge in [0.05, 0.1) is 37.6 Å². The lowest BCUT2D eigenvalue weighted by molar-refractivity contribution is 0.0224. The van der Waals surface area contributed by atoms with Gasteiger partial charge in [-0.2, -0.15) is 15.8 Å². The summed E-state index contributed by atoms with van der Waals surface area (Å²) in [6.45, 7) is 5.64. The summed E-state index contributed by atoms with van der Waals surface area (Å²) in [5, 5.41) is 30.4. The third-order valence-electron chi connectivity index (χ3n) is 6.09. The number of hydrogen-bond acceptors (Lipinski definition) is 8. The average molecular weight is 462 g/mol. The van der Waals surface area contributed by atoms with Crippen LogP contribution >= 0.6 is 0 Å². The summed E-state index contributed by atoms with van der Waals surface area (Å²) in [7, 11) is 2.99. The Balaban J connectivity index is 2.27. The van der Waals surface area contributed by atoms with Crippen LogP contribution in [0.2, 0.25) is 0 Å². The molecule has 1 aromatic rings. The zero-order valence-corrected chi connectivity index (χ0v) is 19.9. The van der Waals surface area contributed by atoms with Crippen molar-refractivity contribution in [2.24, 2.45) is 17.1 Å². The number of carbonyl (C=O) groups is 1. The molecule has 2 unspecified atom stereocenters. The molecular weight excluding hydrogens is 434 g/mol. The predicted molar refractivity (Wildman–Crippen MR) is 122 cm³/mol. The normalized spacial score (nSPS) is 21.2. The van der Waals surface area contributed by atoms with Gasteiger partial charge in [-0.25, -0.2) is 4.79 Å². The quantitative estimate of drug-likeness (QED) is 0.721. The first-order valence-corrected chi connectivity index (χ1v) is 10.7. The fourth-order valence-electron chi connectivity index (χ4n) is 4.58. The van der Waals surface area contributed by atoms with E-state index in [1.54, 1.807) is 45.0 Å². The molecule has 0 saturated carbocycles. The zero-order chi connectivity index (χ0) is 25.3. The molecule has 176 valence electrons. The van der Waals surface area contributed by atoms with Crippen LogP contribution in [-0.2, 0) is 4.74 Å². The van der Waals surface area contributed by atoms with E-state index in [-0.39, 0.29) is 24.4 Å². The zero-order valence-electron chi connectivity index (χ0n) is 19.9. The molecular formula is C25H27N5O4. The van der Waals surface area contributed by atoms with Crippen LogP contribution in [-0.4, -0.2) is 43.9 Å². The highest BCUT2D eigenvalue weighted by Crippen LogP contribution is 2.56. The van der Waals surface area contributed by atoms with E-state index >= 15 is 0 Å². The van der Waals surface area contributed by atoms with Crippen molar-refractivity contribution in [1.29, 1.82) is 15.8 Å². The smallest absolute Gasteiger partial charge is 0.410 e. The molecule has 0 spiro atoms. The van der Waals surface area contributed by atoms with Crippen molar-refractivity contribution in [3.05, 3.63) is 46.7 Å². The number of nitrogens with two attached hydrogens (primary N) is 1. The third kappa shape index (κ3) is 4.00. The topological polar surface area (TPSA) is 145 Å². The van der Waals surface area contributed by atoms with Crippen molar-refractivity contribution in [3.63, 3.8) is 0 Å². The van der Waals surface area contributed by atoms with Gasteiger partial charge in [0, 0.05) is 30.5 Å². The number of nitrogens with zero attached hydrogens (tertiary/aromatic N) is 4. The molecule has 0 bridgehead atoms. The van der Waals surface area contributed by atoms with Gasteiger partial charge in [-0.3, -0.25) is 0 Å². The molecule has 1 aliphatic heterocycles. The molecule has 0 aromatic heterocycles. The Hall–Kier alpha value is -4.16. The monoisotopic (exact) mass is 461 g/mol. The second kappa shape index (κ2) is 9.00. The molecule has 1 heterocycles. The van der Waals surface area contributed by atoms with E-state index in [1.807, 2.05) is 0 Å². The molecule has 34 heavy (non-hydrogen) atoms. The summed E-state index contributed by atoms with van der Waals surface area (Å²) in [6, 6.07) is 11.3. The van der Waals surface area contributed by atoms with Gasteiger partial charge < -0.3 is 24.8 Å². The van der Waals surface area contributed by atoms with Crippen LogP contribution in [0.5, 0.6) is 11.5 Å². The largest absolute Gasteiger partial charge is 0.497 e. The molecule has 3 rings (SSSR count). The van der Waals surface area contributed by atoms with Crippen molar-refractivity contribution in [2.75, 3.05) is 27.3 Å². The van der Waals surface area contributed by atoms with Crippen LogP contribution in [0.1, 0.15) is 32.3 Å². The number of carbonyl (C=O) groups excluding carboxylic acids is 1. The summed E-state index contributed by atoms with van der Waals surface area (Å²) < 4.78 is 16.5. The minimum Gasteiger partial charge on any atom is -0.497 e. The Morgan fingerprint density at radius 3 is 2.38 bits per heavy atom. The summed E-state index contributed by atoms with van der Waals surface area (Å²) in [5.74, 6) is -0.508. The van der Waals surface area contributed by atoms with Crippen molar-refractivity contribution in [2.45, 2.75) is 32.3 Å². The molecule has 0 saturated heterocycles. The van der Waals surface area contributed by atoms with Crippen LogP contribution in [0.4, 0.5) is 4.79 Å². The number of amides is 1. The minimum absolute atomic E-state index is 0.0926. The standard InChI is InChI=1S/C25H27N5O4/c1-24(2,3)34-23(31)30-9-8-16-18(11-26)22(29)25(13-27,14-28)21(19(16)12-30)17-10-15(32-4)6-7-20(17)33-5/h6-8,10,19,21H,9,12,29H2,1-5H3. The first-order chi connectivity index (χ1) is 16.1. The Morgan fingerprint density at radius 2 is 1.85 bits per heavy atom. The number of allylic oxidation sites excluding steroid dienone is 2. The lowest BCUT2D eigenvalue weighted by Gasteiger charge is -2.45. The lowest BCUT2D eigenvalue weighted by atomic mass is 9.58. The highest BCUT2D eigenvalue weighted by Gasteiger charge is 2.55. The minimum atomic E-state index is -1.87. The molecule has 1 aliphatic carbocycles. The molecule has 0 radical (unpaired) electrons. The Labute approximate surface area is 199 Å². The van der Waals surface area contributed by atoms with Gasteiger partial charge in [-0.05, 0) is 44.5 Å². The van der Waals surface area contributed by atoms with Crippen LogP contribution in [0.25, 0.3) is 0 Å². The SMILES string of the molecule is COc1ccc(OC)c(C2C3CN(C(=O)OC(C)(C)C)CC=C3C(C#N)=C(N)C2(C#N)C#N)c1. The Bertz CT molecular complexity index is 1180. The Kier molecular flexibility index (Phi) is 6.48. The van der Waals surface area contributed by atoms with E-state index in [0.29, 0.717) is 22.6 Å². The number of benzene rings is 1. The highest BCUT2D eigenvalue weighted by atomic mass is 16.6. The predicted octanol–water partition coefficient (Wildman–Crippen LogP) is 3.36. The molecule has 1 amide bonds. The first kappa shape index (κ1) is 24.5. The summed E-state index contributed by atoms with van der Waals surface area (Å²) in [4.78, 5) is 14.4. The van der Waals surface area contributed by atoms with Crippen LogP contribution < -0.4 is 15.2 Å². The summed E-state index contributed by atoms with van der Waals surface area (Å²) in [6.07, 6.45) is 1.21. The van der Waals surface area contributed by atoms with Gasteiger partial charge in [0.15, 0.2) is 5.41 Å². The molecule has 9 heteroatoms. The van der Waals surface area contributed by atoms with Crippen LogP contribution in [0.3, 0.4) is 0 Å². The maximum atomic E-state index is 12.9. The number of hydrogen-bond donors (Lipinski definition) is 1. The number of methoxy groups -OCH3 is 2. The Morgan fingerprint density at radius 1 is 1.18 bits per heavy atom. The van der Waals surface area contributed by atoms with E-state index in [9.17, 15) is 20.6 Å². The van der Waals surface area contributed by atoms with Gasteiger partial charge in [0.2, 0.25) is 0 Å². The molecule has 0 fully saturated rings. The van der Waals surface area contributed by atoms with Gasteiger partial charge in [0.25, 0.3) is 0 Å². The first-order valence-electron chi connectivity index (χ1n) is 10.7. The molecule has 2 atom stereocenters. The number of rotatable bonds is 3. The summed E-state index contributed by atoms with van der Waals surface area (Å²) in [5.41, 5.74) is 4.88. The van der Waals surface area contributed by atoms with E-state index < -0.39 is 28.9 Å². The van der Waals surface area contributed by atoms with Crippen molar-refractivity contribution >= 4 is 6.09 Å². The van der Waals surface area contributed by atoms with E-state index in [2.05, 4.69) is 18.2 Å². The molecule has 2 aliphatic rings. The van der Waals surface area contributed by atoms with E-state index in [4.69, 9.17) is 19.9 Å². The van der Waals surface area contributed by atoms with E-state index in [1.165, 1.54) is 19.1 Å². The number of nitriles is 3. The maximum absolute atomic E-state index is 12.9. The fourth-order valence-corrected chi connectivity index (χ4v) is 4.58. The molecule has 2 N–H and O–H groups in total. The lowest BCUT2D eigenvalue weighted by Crippen LogP contribution is -2.50. The maximum Gasteiger partial charge on any atom is 0.410 e. The van der Waals surface area contributed by atoms with Gasteiger partial charge in [-0.1, -0.05) is 6.08 Å². The van der Waals surface area contributed by atoms with Crippen molar-refractivity contribution < 1.29 is 19.0 Å². The third-order valence-corrected chi connectivity index (χ3v) is 6.09. The van der Waals surface area contributed by atoms with Crippen LogP contribution in [0, 0.1) is 45.3 Å². The van der Waals surface area contributed by atoms with Crippen molar-refractivity contribution in [1.82, 2.24) is 4.90 Å². The van der Waals surface area contributed by atoms with E-state index in [0.717, 1.165) is 0 Å². The molecule has 9 nitrogen and oxygen atoms in total. The second-order valence-corrected chi connectivity index (χ2v) is 9.17. The molecule has 1 aromatic carbocycles.